The van der Waals surface area contributed by atoms with E-state index < -0.39 is 12.0 Å². The van der Waals surface area contributed by atoms with Crippen molar-refractivity contribution in [3.8, 4) is 0 Å². The second kappa shape index (κ2) is 7.53. The number of hydrogen-bond acceptors (Lipinski definition) is 3. The largest absolute Gasteiger partial charge is 0.465 e. The number of carbonyl (C=O) groups excluding carboxylic acids is 2. The Hall–Kier alpha value is -2.04. The molecule has 0 aliphatic heterocycles. The molecule has 2 amide bonds. The van der Waals surface area contributed by atoms with Crippen LogP contribution in [0.4, 0.5) is 4.79 Å². The highest BCUT2D eigenvalue weighted by Gasteiger charge is 2.48. The number of carbonyl (C=O) groups is 2. The molecule has 0 spiro atoms. The molecule has 4 fully saturated rings. The van der Waals surface area contributed by atoms with Crippen molar-refractivity contribution in [1.82, 2.24) is 4.90 Å². The molecule has 1 aromatic rings. The van der Waals surface area contributed by atoms with Crippen molar-refractivity contribution in [2.24, 2.45) is 29.4 Å². The third kappa shape index (κ3) is 3.83. The number of benzene rings is 1. The highest BCUT2D eigenvalue weighted by atomic mass is 16.5. The average Bonchev–Trinajstić information content (AvgIpc) is 2.61. The Morgan fingerprint density at radius 2 is 1.78 bits per heavy atom. The second-order valence-electron chi connectivity index (χ2n) is 8.70. The summed E-state index contributed by atoms with van der Waals surface area (Å²) in [6.07, 6.45) is 7.01. The molecule has 1 aromatic carbocycles. The number of nitrogens with two attached hydrogens (primary N) is 1. The van der Waals surface area contributed by atoms with Crippen LogP contribution in [0.2, 0.25) is 0 Å². The lowest BCUT2D eigenvalue weighted by Crippen LogP contribution is -2.43. The summed E-state index contributed by atoms with van der Waals surface area (Å²) in [5.74, 6) is 3.80. The number of esters is 1. The molecule has 0 aromatic heterocycles. The van der Waals surface area contributed by atoms with Crippen LogP contribution in [0.1, 0.15) is 56.1 Å². The van der Waals surface area contributed by atoms with Crippen LogP contribution in [0.3, 0.4) is 0 Å². The monoisotopic (exact) mass is 370 g/mol. The SMILES string of the molecule is CCOC(=O)CN(Cc1cccc(C2C3CC4CC(C3)CC2C4)c1)C(N)=O. The van der Waals surface area contributed by atoms with E-state index in [4.69, 9.17) is 10.5 Å². The second-order valence-corrected chi connectivity index (χ2v) is 8.70. The van der Waals surface area contributed by atoms with Crippen molar-refractivity contribution in [3.63, 3.8) is 0 Å². The van der Waals surface area contributed by atoms with Gasteiger partial charge in [0, 0.05) is 6.54 Å². The predicted octanol–water partition coefficient (Wildman–Crippen LogP) is 3.67. The van der Waals surface area contributed by atoms with Gasteiger partial charge in [0.15, 0.2) is 0 Å². The molecular weight excluding hydrogens is 340 g/mol. The maximum atomic E-state index is 11.8. The van der Waals surface area contributed by atoms with Gasteiger partial charge in [0.25, 0.3) is 0 Å². The number of rotatable bonds is 6. The van der Waals surface area contributed by atoms with Gasteiger partial charge < -0.3 is 15.4 Å². The Balaban J connectivity index is 1.49. The highest BCUT2D eigenvalue weighted by Crippen LogP contribution is 2.59. The van der Waals surface area contributed by atoms with E-state index in [2.05, 4.69) is 18.2 Å². The van der Waals surface area contributed by atoms with E-state index in [9.17, 15) is 9.59 Å². The first-order valence-electron chi connectivity index (χ1n) is 10.3. The molecule has 0 unspecified atom stereocenters. The van der Waals surface area contributed by atoms with Gasteiger partial charge in [0.05, 0.1) is 6.61 Å². The summed E-state index contributed by atoms with van der Waals surface area (Å²) in [5.41, 5.74) is 7.92. The number of hydrogen-bond donors (Lipinski definition) is 1. The van der Waals surface area contributed by atoms with Gasteiger partial charge in [-0.05, 0) is 79.7 Å². The molecule has 0 atom stereocenters. The zero-order valence-electron chi connectivity index (χ0n) is 16.1. The fourth-order valence-electron chi connectivity index (χ4n) is 6.16. The molecule has 5 nitrogen and oxygen atoms in total. The van der Waals surface area contributed by atoms with E-state index in [1.807, 2.05) is 6.07 Å². The summed E-state index contributed by atoms with van der Waals surface area (Å²) in [6, 6.07) is 7.98. The molecule has 146 valence electrons. The van der Waals surface area contributed by atoms with Crippen molar-refractivity contribution in [2.45, 2.75) is 51.5 Å². The quantitative estimate of drug-likeness (QED) is 0.777. The number of nitrogens with zero attached hydrogens (tertiary/aromatic N) is 1. The normalized spacial score (nSPS) is 30.9. The van der Waals surface area contributed by atoms with Gasteiger partial charge in [-0.15, -0.1) is 0 Å². The maximum absolute atomic E-state index is 11.8. The number of urea groups is 1. The minimum absolute atomic E-state index is 0.106. The van der Waals surface area contributed by atoms with Gasteiger partial charge in [-0.3, -0.25) is 4.79 Å². The van der Waals surface area contributed by atoms with Crippen molar-refractivity contribution in [1.29, 1.82) is 0 Å². The fourth-order valence-corrected chi connectivity index (χ4v) is 6.16. The molecule has 0 heterocycles. The van der Waals surface area contributed by atoms with E-state index in [1.54, 1.807) is 6.92 Å². The maximum Gasteiger partial charge on any atom is 0.325 e. The average molecular weight is 370 g/mol. The zero-order chi connectivity index (χ0) is 19.0. The van der Waals surface area contributed by atoms with Crippen molar-refractivity contribution < 1.29 is 14.3 Å². The van der Waals surface area contributed by atoms with E-state index in [0.717, 1.165) is 29.2 Å². The third-order valence-corrected chi connectivity index (χ3v) is 6.87. The summed E-state index contributed by atoms with van der Waals surface area (Å²) in [7, 11) is 0. The van der Waals surface area contributed by atoms with E-state index in [0.29, 0.717) is 19.1 Å². The number of primary amides is 1. The molecular formula is C22H30N2O3. The van der Waals surface area contributed by atoms with Crippen LogP contribution in [0.25, 0.3) is 0 Å². The molecule has 5 rings (SSSR count). The van der Waals surface area contributed by atoms with Crippen molar-refractivity contribution >= 4 is 12.0 Å². The first-order chi connectivity index (χ1) is 13.0. The molecule has 4 aliphatic rings. The lowest BCUT2D eigenvalue weighted by Gasteiger charge is -2.54. The van der Waals surface area contributed by atoms with E-state index in [1.165, 1.54) is 42.6 Å². The van der Waals surface area contributed by atoms with Gasteiger partial charge in [0.2, 0.25) is 0 Å². The summed E-state index contributed by atoms with van der Waals surface area (Å²) in [4.78, 5) is 24.9. The molecule has 2 N–H and O–H groups in total. The summed E-state index contributed by atoms with van der Waals surface area (Å²) >= 11 is 0. The Bertz CT molecular complexity index is 689. The molecule has 0 saturated heterocycles. The summed E-state index contributed by atoms with van der Waals surface area (Å²) in [5, 5.41) is 0. The van der Waals surface area contributed by atoms with E-state index in [-0.39, 0.29) is 6.54 Å². The molecule has 4 bridgehead atoms. The minimum Gasteiger partial charge on any atom is -0.465 e. The Labute approximate surface area is 161 Å². The van der Waals surface area contributed by atoms with Crippen LogP contribution >= 0.6 is 0 Å². The van der Waals surface area contributed by atoms with Crippen LogP contribution < -0.4 is 5.73 Å². The topological polar surface area (TPSA) is 72.6 Å². The molecule has 0 radical (unpaired) electrons. The zero-order valence-corrected chi connectivity index (χ0v) is 16.1. The van der Waals surface area contributed by atoms with Gasteiger partial charge in [0.1, 0.15) is 6.54 Å². The van der Waals surface area contributed by atoms with Gasteiger partial charge in [-0.25, -0.2) is 4.79 Å². The van der Waals surface area contributed by atoms with E-state index >= 15 is 0 Å². The van der Waals surface area contributed by atoms with Crippen LogP contribution in [-0.2, 0) is 16.1 Å². The molecule has 4 aliphatic carbocycles. The minimum atomic E-state index is -0.594. The Kier molecular flexibility index (Phi) is 5.11. The molecule has 27 heavy (non-hydrogen) atoms. The first kappa shape index (κ1) is 18.3. The van der Waals surface area contributed by atoms with Gasteiger partial charge in [-0.1, -0.05) is 24.3 Å². The van der Waals surface area contributed by atoms with Crippen LogP contribution in [0, 0.1) is 23.7 Å². The number of amides is 2. The smallest absolute Gasteiger partial charge is 0.325 e. The summed E-state index contributed by atoms with van der Waals surface area (Å²) in [6.45, 7) is 2.29. The fraction of sp³-hybridized carbons (Fsp3) is 0.636. The Morgan fingerprint density at radius 3 is 2.37 bits per heavy atom. The van der Waals surface area contributed by atoms with Crippen LogP contribution in [0.15, 0.2) is 24.3 Å². The highest BCUT2D eigenvalue weighted by molar-refractivity contribution is 5.79. The Morgan fingerprint density at radius 1 is 1.11 bits per heavy atom. The molecule has 5 heteroatoms. The van der Waals surface area contributed by atoms with Gasteiger partial charge in [-0.2, -0.15) is 0 Å². The molecule has 4 saturated carbocycles. The standard InChI is InChI=1S/C22H30N2O3/c1-2-27-20(25)13-24(22(23)26)12-14-4-3-5-17(7-14)21-18-8-15-6-16(10-18)11-19(21)9-15/h3-5,7,15-16,18-19,21H,2,6,8-13H2,1H3,(H2,23,26). The van der Waals surface area contributed by atoms with Crippen LogP contribution in [0.5, 0.6) is 0 Å². The third-order valence-electron chi connectivity index (χ3n) is 6.87. The lowest BCUT2D eigenvalue weighted by molar-refractivity contribution is -0.143. The lowest BCUT2D eigenvalue weighted by atomic mass is 9.51. The van der Waals surface area contributed by atoms with Crippen LogP contribution in [-0.4, -0.2) is 30.1 Å². The number of ether oxygens (including phenoxy) is 1. The van der Waals surface area contributed by atoms with Crippen molar-refractivity contribution in [3.05, 3.63) is 35.4 Å². The van der Waals surface area contributed by atoms with Gasteiger partial charge >= 0.3 is 12.0 Å². The van der Waals surface area contributed by atoms with Crippen molar-refractivity contribution in [2.75, 3.05) is 13.2 Å². The summed E-state index contributed by atoms with van der Waals surface area (Å²) < 4.78 is 4.96. The first-order valence-corrected chi connectivity index (χ1v) is 10.3. The predicted molar refractivity (Wildman–Crippen MR) is 103 cm³/mol.